The second-order valence-corrected chi connectivity index (χ2v) is 5.90. The van der Waals surface area contributed by atoms with E-state index in [0.717, 1.165) is 5.75 Å². The number of aromatic nitrogens is 1. The zero-order chi connectivity index (χ0) is 17.1. The van der Waals surface area contributed by atoms with Crippen molar-refractivity contribution in [1.29, 1.82) is 0 Å². The molecule has 3 rings (SSSR count). The van der Waals surface area contributed by atoms with Crippen molar-refractivity contribution in [3.63, 3.8) is 0 Å². The average Bonchev–Trinajstić information content (AvgIpc) is 2.57. The van der Waals surface area contributed by atoms with Crippen molar-refractivity contribution in [3.05, 3.63) is 41.4 Å². The van der Waals surface area contributed by atoms with Gasteiger partial charge in [-0.1, -0.05) is 11.6 Å². The molecule has 2 N–H and O–H groups in total. The third-order valence-corrected chi connectivity index (χ3v) is 3.89. The minimum atomic E-state index is -0.542. The van der Waals surface area contributed by atoms with Crippen molar-refractivity contribution in [1.82, 2.24) is 4.98 Å². The monoisotopic (exact) mass is 347 g/mol. The number of hydrogen-bond donors (Lipinski definition) is 1. The molecule has 2 aromatic rings. The topological polar surface area (TPSA) is 77.7 Å². The number of halogens is 1. The van der Waals surface area contributed by atoms with Crippen molar-refractivity contribution in [2.24, 2.45) is 0 Å². The predicted octanol–water partition coefficient (Wildman–Crippen LogP) is 2.90. The molecule has 1 amide bonds. The largest absolute Gasteiger partial charge is 0.494 e. The fourth-order valence-corrected chi connectivity index (χ4v) is 2.59. The Labute approximate surface area is 145 Å². The molecule has 1 atom stereocenters. The van der Waals surface area contributed by atoms with Crippen molar-refractivity contribution in [2.75, 3.05) is 23.8 Å². The Kier molecular flexibility index (Phi) is 4.76. The lowest BCUT2D eigenvalue weighted by Gasteiger charge is -2.32. The molecule has 0 saturated carbocycles. The second-order valence-electron chi connectivity index (χ2n) is 5.46. The summed E-state index contributed by atoms with van der Waals surface area (Å²) in [6, 6.07) is 10.5. The molecule has 0 spiro atoms. The van der Waals surface area contributed by atoms with Gasteiger partial charge in [-0.25, -0.2) is 4.98 Å². The van der Waals surface area contributed by atoms with Crippen LogP contribution in [0.4, 0.5) is 11.6 Å². The summed E-state index contributed by atoms with van der Waals surface area (Å²) >= 11 is 5.84. The number of carbonyl (C=O) groups is 1. The molecule has 1 aromatic carbocycles. The molecule has 1 unspecified atom stereocenters. The van der Waals surface area contributed by atoms with Crippen LogP contribution in [0.15, 0.2) is 36.4 Å². The molecular formula is C17H18ClN3O3. The minimum Gasteiger partial charge on any atom is -0.494 e. The predicted molar refractivity (Wildman–Crippen MR) is 92.7 cm³/mol. The lowest BCUT2D eigenvalue weighted by molar-refractivity contribution is -0.125. The van der Waals surface area contributed by atoms with Crippen LogP contribution in [-0.4, -0.2) is 30.1 Å². The normalized spacial score (nSPS) is 16.5. The van der Waals surface area contributed by atoms with Gasteiger partial charge in [0.25, 0.3) is 5.91 Å². The van der Waals surface area contributed by atoms with E-state index in [4.69, 9.17) is 26.8 Å². The first kappa shape index (κ1) is 16.4. The van der Waals surface area contributed by atoms with E-state index in [9.17, 15) is 4.79 Å². The highest BCUT2D eigenvalue weighted by Crippen LogP contribution is 2.32. The first-order valence-corrected chi connectivity index (χ1v) is 8.05. The van der Waals surface area contributed by atoms with Gasteiger partial charge in [0.05, 0.1) is 6.61 Å². The van der Waals surface area contributed by atoms with Crippen molar-refractivity contribution in [3.8, 4) is 11.5 Å². The summed E-state index contributed by atoms with van der Waals surface area (Å²) in [5.41, 5.74) is 5.73. The summed E-state index contributed by atoms with van der Waals surface area (Å²) in [7, 11) is 0. The first-order chi connectivity index (χ1) is 11.5. The molecule has 0 bridgehead atoms. The maximum Gasteiger partial charge on any atom is 0.269 e. The van der Waals surface area contributed by atoms with Crippen molar-refractivity contribution in [2.45, 2.75) is 19.4 Å². The van der Waals surface area contributed by atoms with E-state index in [-0.39, 0.29) is 5.91 Å². The molecule has 2 heterocycles. The molecule has 24 heavy (non-hydrogen) atoms. The van der Waals surface area contributed by atoms with E-state index in [2.05, 4.69) is 4.98 Å². The number of benzene rings is 1. The number of nitrogen functional groups attached to an aromatic ring is 1. The Balaban J connectivity index is 1.62. The summed E-state index contributed by atoms with van der Waals surface area (Å²) in [6.07, 6.45) is 0.108. The van der Waals surface area contributed by atoms with E-state index in [1.54, 1.807) is 36.1 Å². The van der Waals surface area contributed by atoms with Gasteiger partial charge in [-0.05, 0) is 49.7 Å². The van der Waals surface area contributed by atoms with Crippen LogP contribution in [0.1, 0.15) is 13.3 Å². The summed E-state index contributed by atoms with van der Waals surface area (Å²) in [5, 5.41) is 0.663. The van der Waals surface area contributed by atoms with Gasteiger partial charge in [0.1, 0.15) is 11.6 Å². The van der Waals surface area contributed by atoms with Gasteiger partial charge >= 0.3 is 0 Å². The number of anilines is 2. The smallest absolute Gasteiger partial charge is 0.269 e. The van der Waals surface area contributed by atoms with E-state index in [1.165, 1.54) is 0 Å². The molecule has 0 fully saturated rings. The van der Waals surface area contributed by atoms with Crippen LogP contribution < -0.4 is 20.1 Å². The lowest BCUT2D eigenvalue weighted by Crippen LogP contribution is -2.45. The second kappa shape index (κ2) is 6.97. The molecule has 0 saturated heterocycles. The van der Waals surface area contributed by atoms with E-state index in [1.807, 2.05) is 12.1 Å². The number of ether oxygens (including phenoxy) is 2. The number of amides is 1. The molecule has 6 nitrogen and oxygen atoms in total. The standard InChI is InChI=1S/C17H18ClN3O3/c1-11-17(22)21(16-14(24-11)7-8-15(19)20-16)9-2-10-23-13-5-3-12(18)4-6-13/h3-8,11H,2,9-10H2,1H3,(H2,19,20). The fourth-order valence-electron chi connectivity index (χ4n) is 2.46. The van der Waals surface area contributed by atoms with Crippen molar-refractivity contribution < 1.29 is 14.3 Å². The number of rotatable bonds is 5. The van der Waals surface area contributed by atoms with Gasteiger partial charge in [-0.2, -0.15) is 0 Å². The maximum absolute atomic E-state index is 12.4. The Morgan fingerprint density at radius 3 is 2.79 bits per heavy atom. The number of nitrogens with zero attached hydrogens (tertiary/aromatic N) is 2. The van der Waals surface area contributed by atoms with Crippen LogP contribution in [0.25, 0.3) is 0 Å². The minimum absolute atomic E-state index is 0.132. The summed E-state index contributed by atoms with van der Waals surface area (Å²) in [5.74, 6) is 1.98. The Bertz CT molecular complexity index is 736. The maximum atomic E-state index is 12.4. The first-order valence-electron chi connectivity index (χ1n) is 7.67. The van der Waals surface area contributed by atoms with Gasteiger partial charge in [0.2, 0.25) is 0 Å². The average molecular weight is 348 g/mol. The van der Waals surface area contributed by atoms with Gasteiger partial charge in [-0.15, -0.1) is 0 Å². The highest BCUT2D eigenvalue weighted by molar-refractivity contribution is 6.30. The quantitative estimate of drug-likeness (QED) is 0.841. The molecular weight excluding hydrogens is 330 g/mol. The molecule has 1 aromatic heterocycles. The Hall–Kier alpha value is -2.47. The van der Waals surface area contributed by atoms with Crippen LogP contribution in [-0.2, 0) is 4.79 Å². The number of carbonyl (C=O) groups excluding carboxylic acids is 1. The summed E-state index contributed by atoms with van der Waals surface area (Å²) in [4.78, 5) is 18.2. The molecule has 0 radical (unpaired) electrons. The fraction of sp³-hybridized carbons (Fsp3) is 0.294. The number of hydrogen-bond acceptors (Lipinski definition) is 5. The Morgan fingerprint density at radius 1 is 1.29 bits per heavy atom. The third kappa shape index (κ3) is 3.54. The van der Waals surface area contributed by atoms with Crippen LogP contribution in [0, 0.1) is 0 Å². The lowest BCUT2D eigenvalue weighted by atomic mass is 10.2. The van der Waals surface area contributed by atoms with Crippen LogP contribution in [0.2, 0.25) is 5.02 Å². The van der Waals surface area contributed by atoms with Crippen LogP contribution >= 0.6 is 11.6 Å². The van der Waals surface area contributed by atoms with Gasteiger partial charge in [-0.3, -0.25) is 9.69 Å². The van der Waals surface area contributed by atoms with Crippen LogP contribution in [0.3, 0.4) is 0 Å². The molecule has 1 aliphatic heterocycles. The number of nitrogens with two attached hydrogens (primary N) is 1. The summed E-state index contributed by atoms with van der Waals surface area (Å²) < 4.78 is 11.2. The van der Waals surface area contributed by atoms with Gasteiger partial charge < -0.3 is 15.2 Å². The summed E-state index contributed by atoms with van der Waals surface area (Å²) in [6.45, 7) is 2.67. The van der Waals surface area contributed by atoms with Crippen LogP contribution in [0.5, 0.6) is 11.5 Å². The van der Waals surface area contributed by atoms with Gasteiger partial charge in [0, 0.05) is 11.6 Å². The number of fused-ring (bicyclic) bond motifs is 1. The highest BCUT2D eigenvalue weighted by Gasteiger charge is 2.32. The van der Waals surface area contributed by atoms with E-state index in [0.29, 0.717) is 42.0 Å². The number of pyridine rings is 1. The van der Waals surface area contributed by atoms with Gasteiger partial charge in [0.15, 0.2) is 17.7 Å². The molecule has 0 aliphatic carbocycles. The van der Waals surface area contributed by atoms with E-state index >= 15 is 0 Å². The molecule has 1 aliphatic rings. The molecule has 126 valence electrons. The zero-order valence-electron chi connectivity index (χ0n) is 13.2. The van der Waals surface area contributed by atoms with Crippen molar-refractivity contribution >= 4 is 29.1 Å². The molecule has 7 heteroatoms. The zero-order valence-corrected chi connectivity index (χ0v) is 14.0. The highest BCUT2D eigenvalue weighted by atomic mass is 35.5. The van der Waals surface area contributed by atoms with E-state index < -0.39 is 6.10 Å². The SMILES string of the molecule is CC1Oc2ccc(N)nc2N(CCCOc2ccc(Cl)cc2)C1=O. The third-order valence-electron chi connectivity index (χ3n) is 3.64. The Morgan fingerprint density at radius 2 is 2.04 bits per heavy atom.